The Kier molecular flexibility index (Phi) is 4.13. The van der Waals surface area contributed by atoms with Crippen molar-refractivity contribution < 1.29 is 9.53 Å². The van der Waals surface area contributed by atoms with E-state index in [2.05, 4.69) is 0 Å². The Balaban J connectivity index is 2.49. The van der Waals surface area contributed by atoms with Crippen LogP contribution in [-0.4, -0.2) is 18.6 Å². The van der Waals surface area contributed by atoms with Crippen LogP contribution in [0.15, 0.2) is 30.3 Å². The molecule has 1 radical (unpaired) electrons. The van der Waals surface area contributed by atoms with Gasteiger partial charge in [0.05, 0.1) is 6.61 Å². The fourth-order valence-corrected chi connectivity index (χ4v) is 1.18. The summed E-state index contributed by atoms with van der Waals surface area (Å²) >= 11 is 0. The molecule has 3 heteroatoms. The van der Waals surface area contributed by atoms with Crippen LogP contribution in [0.2, 0.25) is 0 Å². The molecule has 3 nitrogen and oxygen atoms in total. The van der Waals surface area contributed by atoms with Crippen LogP contribution in [0.3, 0.4) is 0 Å². The number of ether oxygens (including phenoxy) is 1. The number of carbonyl (C=O) groups is 1. The van der Waals surface area contributed by atoms with Gasteiger partial charge in [-0.15, -0.1) is 0 Å². The van der Waals surface area contributed by atoms with Crippen molar-refractivity contribution in [3.8, 4) is 0 Å². The molecule has 14 heavy (non-hydrogen) atoms. The molecule has 1 N–H and O–H groups in total. The van der Waals surface area contributed by atoms with Gasteiger partial charge in [-0.25, -0.2) is 5.73 Å². The second-order valence-corrected chi connectivity index (χ2v) is 2.99. The first-order chi connectivity index (χ1) is 6.74. The second-order valence-electron chi connectivity index (χ2n) is 2.99. The van der Waals surface area contributed by atoms with Crippen LogP contribution >= 0.6 is 0 Å². The van der Waals surface area contributed by atoms with Crippen LogP contribution in [0, 0.1) is 0 Å². The van der Waals surface area contributed by atoms with E-state index >= 15 is 0 Å². The number of rotatable bonds is 4. The zero-order valence-electron chi connectivity index (χ0n) is 8.19. The highest BCUT2D eigenvalue weighted by Crippen LogP contribution is 2.03. The maximum absolute atomic E-state index is 11.1. The molecule has 0 aromatic heterocycles. The molecular weight excluding hydrogens is 178 g/mol. The lowest BCUT2D eigenvalue weighted by Crippen LogP contribution is -2.26. The zero-order chi connectivity index (χ0) is 10.4. The first-order valence-corrected chi connectivity index (χ1v) is 4.65. The molecule has 0 aliphatic rings. The van der Waals surface area contributed by atoms with Crippen molar-refractivity contribution in [2.24, 2.45) is 0 Å². The van der Waals surface area contributed by atoms with Crippen LogP contribution in [0.5, 0.6) is 0 Å². The Morgan fingerprint density at radius 3 is 2.64 bits per heavy atom. The SMILES string of the molecule is CCOC(=O)C([NH])Cc1ccccc1. The van der Waals surface area contributed by atoms with Gasteiger partial charge < -0.3 is 4.74 Å². The van der Waals surface area contributed by atoms with E-state index < -0.39 is 12.0 Å². The molecule has 0 spiro atoms. The lowest BCUT2D eigenvalue weighted by atomic mass is 10.1. The summed E-state index contributed by atoms with van der Waals surface area (Å²) in [6.45, 7) is 2.08. The van der Waals surface area contributed by atoms with Gasteiger partial charge in [-0.1, -0.05) is 30.3 Å². The molecule has 0 aliphatic carbocycles. The molecule has 75 valence electrons. The smallest absolute Gasteiger partial charge is 0.324 e. The minimum absolute atomic E-state index is 0.336. The van der Waals surface area contributed by atoms with Crippen LogP contribution in [0.1, 0.15) is 12.5 Å². The van der Waals surface area contributed by atoms with E-state index in [0.717, 1.165) is 5.56 Å². The maximum Gasteiger partial charge on any atom is 0.324 e. The molecule has 0 amide bonds. The third-order valence-electron chi connectivity index (χ3n) is 1.85. The average molecular weight is 192 g/mol. The standard InChI is InChI=1S/C11H14NO2/c1-2-14-11(13)10(12)8-9-6-4-3-5-7-9/h3-7,10,12H,2,8H2,1H3. The predicted molar refractivity (Wildman–Crippen MR) is 53.7 cm³/mol. The minimum Gasteiger partial charge on any atom is -0.465 e. The molecule has 0 saturated heterocycles. The lowest BCUT2D eigenvalue weighted by molar-refractivity contribution is -0.144. The van der Waals surface area contributed by atoms with E-state index in [1.165, 1.54) is 0 Å². The van der Waals surface area contributed by atoms with Gasteiger partial charge >= 0.3 is 5.97 Å². The number of carbonyl (C=O) groups excluding carboxylic acids is 1. The van der Waals surface area contributed by atoms with E-state index in [1.807, 2.05) is 30.3 Å². The Bertz CT molecular complexity index is 285. The first-order valence-electron chi connectivity index (χ1n) is 4.65. The van der Waals surface area contributed by atoms with E-state index in [9.17, 15) is 4.79 Å². The van der Waals surface area contributed by atoms with Crippen LogP contribution in [-0.2, 0) is 16.0 Å². The first kappa shape index (κ1) is 10.7. The van der Waals surface area contributed by atoms with Crippen LogP contribution in [0.4, 0.5) is 0 Å². The number of hydrogen-bond donors (Lipinski definition) is 0. The van der Waals surface area contributed by atoms with Crippen molar-refractivity contribution >= 4 is 5.97 Å². The fourth-order valence-electron chi connectivity index (χ4n) is 1.18. The summed E-state index contributed by atoms with van der Waals surface area (Å²) in [6.07, 6.45) is 0.416. The summed E-state index contributed by atoms with van der Waals surface area (Å²) in [6, 6.07) is 8.70. The topological polar surface area (TPSA) is 50.1 Å². The molecular formula is C11H14NO2. The highest BCUT2D eigenvalue weighted by molar-refractivity contribution is 5.75. The Hall–Kier alpha value is -1.35. The van der Waals surface area contributed by atoms with E-state index in [0.29, 0.717) is 13.0 Å². The van der Waals surface area contributed by atoms with Gasteiger partial charge in [0.1, 0.15) is 6.04 Å². The fraction of sp³-hybridized carbons (Fsp3) is 0.364. The Morgan fingerprint density at radius 2 is 2.07 bits per heavy atom. The van der Waals surface area contributed by atoms with Crippen molar-refractivity contribution in [1.29, 1.82) is 0 Å². The molecule has 1 atom stereocenters. The number of esters is 1. The van der Waals surface area contributed by atoms with Crippen molar-refractivity contribution in [2.75, 3.05) is 6.61 Å². The van der Waals surface area contributed by atoms with Gasteiger partial charge in [0.25, 0.3) is 0 Å². The molecule has 1 unspecified atom stereocenters. The monoisotopic (exact) mass is 192 g/mol. The van der Waals surface area contributed by atoms with Crippen molar-refractivity contribution in [3.63, 3.8) is 0 Å². The number of benzene rings is 1. The highest BCUT2D eigenvalue weighted by atomic mass is 16.5. The molecule has 1 rings (SSSR count). The van der Waals surface area contributed by atoms with Crippen molar-refractivity contribution in [1.82, 2.24) is 5.73 Å². The summed E-state index contributed by atoms with van der Waals surface area (Å²) in [5.74, 6) is -0.448. The summed E-state index contributed by atoms with van der Waals surface area (Å²) in [5, 5.41) is 0. The summed E-state index contributed by atoms with van der Waals surface area (Å²) in [7, 11) is 0. The summed E-state index contributed by atoms with van der Waals surface area (Å²) in [4.78, 5) is 11.1. The molecule has 0 saturated carbocycles. The Labute approximate surface area is 83.9 Å². The number of hydrogen-bond acceptors (Lipinski definition) is 2. The van der Waals surface area contributed by atoms with Crippen LogP contribution in [0.25, 0.3) is 0 Å². The van der Waals surface area contributed by atoms with Gasteiger partial charge in [0.2, 0.25) is 0 Å². The molecule has 1 aromatic rings. The summed E-state index contributed by atoms with van der Waals surface area (Å²) < 4.78 is 4.75. The largest absolute Gasteiger partial charge is 0.465 e. The summed E-state index contributed by atoms with van der Waals surface area (Å²) in [5.41, 5.74) is 8.53. The molecule has 0 aliphatic heterocycles. The van der Waals surface area contributed by atoms with E-state index in [1.54, 1.807) is 6.92 Å². The second kappa shape index (κ2) is 5.40. The van der Waals surface area contributed by atoms with Gasteiger partial charge in [0.15, 0.2) is 0 Å². The van der Waals surface area contributed by atoms with Crippen molar-refractivity contribution in [3.05, 3.63) is 35.9 Å². The predicted octanol–water partition coefficient (Wildman–Crippen LogP) is 1.44. The van der Waals surface area contributed by atoms with Gasteiger partial charge in [0, 0.05) is 0 Å². The van der Waals surface area contributed by atoms with Gasteiger partial charge in [-0.05, 0) is 18.9 Å². The average Bonchev–Trinajstić information content (AvgIpc) is 2.19. The third kappa shape index (κ3) is 3.18. The Morgan fingerprint density at radius 1 is 1.43 bits per heavy atom. The molecule has 0 heterocycles. The van der Waals surface area contributed by atoms with E-state index in [4.69, 9.17) is 10.5 Å². The number of nitrogens with one attached hydrogen (secondary N) is 1. The molecule has 0 bridgehead atoms. The molecule has 0 fully saturated rings. The highest BCUT2D eigenvalue weighted by Gasteiger charge is 2.15. The normalized spacial score (nSPS) is 12.1. The minimum atomic E-state index is -0.808. The molecule has 1 aromatic carbocycles. The van der Waals surface area contributed by atoms with Crippen LogP contribution < -0.4 is 5.73 Å². The third-order valence-corrected chi connectivity index (χ3v) is 1.85. The van der Waals surface area contributed by atoms with E-state index in [-0.39, 0.29) is 0 Å². The zero-order valence-corrected chi connectivity index (χ0v) is 8.19. The van der Waals surface area contributed by atoms with Gasteiger partial charge in [-0.3, -0.25) is 4.79 Å². The maximum atomic E-state index is 11.1. The lowest BCUT2D eigenvalue weighted by Gasteiger charge is -2.09. The van der Waals surface area contributed by atoms with Gasteiger partial charge in [-0.2, -0.15) is 0 Å². The van der Waals surface area contributed by atoms with Crippen molar-refractivity contribution in [2.45, 2.75) is 19.4 Å². The quantitative estimate of drug-likeness (QED) is 0.678.